The van der Waals surface area contributed by atoms with E-state index in [2.05, 4.69) is 0 Å². The smallest absolute Gasteiger partial charge is 0.294 e. The highest BCUT2D eigenvalue weighted by atomic mass is 32.2. The number of carbonyl (C=O) groups is 3. The largest absolute Gasteiger partial charge is 0.548 e. The number of thioether (sulfide) groups is 1. The molecule has 2 amide bonds. The fourth-order valence-corrected chi connectivity index (χ4v) is 2.81. The highest BCUT2D eigenvalue weighted by Crippen LogP contribution is 2.33. The van der Waals surface area contributed by atoms with E-state index in [1.165, 1.54) is 6.92 Å². The Bertz CT molecular complexity index is 638. The highest BCUT2D eigenvalue weighted by Gasteiger charge is 2.38. The lowest BCUT2D eigenvalue weighted by Gasteiger charge is -2.21. The second-order valence-corrected chi connectivity index (χ2v) is 5.54. The van der Waals surface area contributed by atoms with Crippen molar-refractivity contribution in [3.63, 3.8) is 0 Å². The summed E-state index contributed by atoms with van der Waals surface area (Å²) in [5, 5.41) is 10.2. The minimum Gasteiger partial charge on any atom is -0.548 e. The molecule has 1 aliphatic rings. The number of aliphatic carboxylic acids is 1. The minimum atomic E-state index is -1.47. The maximum atomic E-state index is 12.1. The van der Waals surface area contributed by atoms with E-state index in [9.17, 15) is 19.5 Å². The van der Waals surface area contributed by atoms with Crippen molar-refractivity contribution >= 4 is 35.0 Å². The van der Waals surface area contributed by atoms with Crippen molar-refractivity contribution in [3.05, 3.63) is 34.7 Å². The molecule has 1 aliphatic heterocycles. The molecule has 0 unspecified atom stereocenters. The first kappa shape index (κ1) is 16.1. The molecule has 1 fully saturated rings. The summed E-state index contributed by atoms with van der Waals surface area (Å²) in [4.78, 5) is 35.6. The monoisotopic (exact) mass is 320 g/mol. The van der Waals surface area contributed by atoms with Crippen LogP contribution in [0.15, 0.2) is 29.2 Å². The molecule has 1 aromatic rings. The number of ether oxygens (including phenoxy) is 1. The SMILES string of the molecule is CCOc1ccc(/C=C2\SC(=O)N([C@@H](C)C(=O)[O-])C2=O)cc1. The number of benzene rings is 1. The van der Waals surface area contributed by atoms with Crippen LogP contribution in [0, 0.1) is 0 Å². The number of imide groups is 1. The van der Waals surface area contributed by atoms with Gasteiger partial charge in [0.05, 0.1) is 23.5 Å². The maximum Gasteiger partial charge on any atom is 0.294 e. The zero-order valence-corrected chi connectivity index (χ0v) is 12.9. The summed E-state index contributed by atoms with van der Waals surface area (Å²) < 4.78 is 5.32. The second kappa shape index (κ2) is 6.65. The second-order valence-electron chi connectivity index (χ2n) is 4.55. The van der Waals surface area contributed by atoms with Gasteiger partial charge in [-0.05, 0) is 49.4 Å². The average molecular weight is 320 g/mol. The minimum absolute atomic E-state index is 0.183. The molecule has 1 atom stereocenters. The van der Waals surface area contributed by atoms with Crippen molar-refractivity contribution in [2.75, 3.05) is 6.61 Å². The number of carboxylic acid groups (broad SMARTS) is 1. The number of rotatable bonds is 5. The Balaban J connectivity index is 2.21. The summed E-state index contributed by atoms with van der Waals surface area (Å²) in [6, 6.07) is 5.72. The Labute approximate surface area is 131 Å². The summed E-state index contributed by atoms with van der Waals surface area (Å²) in [6.07, 6.45) is 1.54. The summed E-state index contributed by atoms with van der Waals surface area (Å²) in [6.45, 7) is 3.67. The van der Waals surface area contributed by atoms with Gasteiger partial charge in [0.25, 0.3) is 11.1 Å². The van der Waals surface area contributed by atoms with Crippen molar-refractivity contribution in [2.24, 2.45) is 0 Å². The lowest BCUT2D eigenvalue weighted by atomic mass is 10.2. The molecule has 116 valence electrons. The molecular weight excluding hydrogens is 306 g/mol. The maximum absolute atomic E-state index is 12.1. The predicted molar refractivity (Wildman–Crippen MR) is 79.9 cm³/mol. The molecule has 1 aromatic carbocycles. The van der Waals surface area contributed by atoms with Gasteiger partial charge in [0, 0.05) is 0 Å². The van der Waals surface area contributed by atoms with E-state index in [1.54, 1.807) is 30.3 Å². The van der Waals surface area contributed by atoms with Crippen LogP contribution in [0.3, 0.4) is 0 Å². The molecule has 1 heterocycles. The number of carbonyl (C=O) groups excluding carboxylic acids is 3. The zero-order chi connectivity index (χ0) is 16.3. The van der Waals surface area contributed by atoms with Gasteiger partial charge in [0.2, 0.25) is 0 Å². The highest BCUT2D eigenvalue weighted by molar-refractivity contribution is 8.18. The van der Waals surface area contributed by atoms with E-state index in [0.29, 0.717) is 29.0 Å². The van der Waals surface area contributed by atoms with Crippen LogP contribution < -0.4 is 9.84 Å². The van der Waals surface area contributed by atoms with Crippen molar-refractivity contribution in [1.29, 1.82) is 0 Å². The van der Waals surface area contributed by atoms with Crippen LogP contribution in [0.1, 0.15) is 19.4 Å². The van der Waals surface area contributed by atoms with Gasteiger partial charge in [-0.25, -0.2) is 0 Å². The number of carboxylic acids is 1. The number of hydrogen-bond acceptors (Lipinski definition) is 6. The van der Waals surface area contributed by atoms with Crippen LogP contribution in [0.25, 0.3) is 6.08 Å². The van der Waals surface area contributed by atoms with Crippen LogP contribution in [-0.2, 0) is 9.59 Å². The van der Waals surface area contributed by atoms with Gasteiger partial charge in [-0.2, -0.15) is 0 Å². The Kier molecular flexibility index (Phi) is 4.87. The van der Waals surface area contributed by atoms with Gasteiger partial charge in [-0.15, -0.1) is 0 Å². The molecule has 6 nitrogen and oxygen atoms in total. The average Bonchev–Trinajstić information content (AvgIpc) is 2.75. The zero-order valence-electron chi connectivity index (χ0n) is 12.1. The molecule has 0 spiro atoms. The van der Waals surface area contributed by atoms with E-state index in [0.717, 1.165) is 5.56 Å². The first-order valence-corrected chi connectivity index (χ1v) is 7.46. The Morgan fingerprint density at radius 2 is 2.00 bits per heavy atom. The Hall–Kier alpha value is -2.28. The van der Waals surface area contributed by atoms with Crippen LogP contribution in [0.5, 0.6) is 5.75 Å². The topological polar surface area (TPSA) is 86.7 Å². The number of hydrogen-bond donors (Lipinski definition) is 0. The standard InChI is InChI=1S/C15H15NO5S/c1-3-21-11-6-4-10(5-7-11)8-12-13(17)16(15(20)22-12)9(2)14(18)19/h4-9H,3H2,1-2H3,(H,18,19)/p-1/b12-8-/t9-/m0/s1. The van der Waals surface area contributed by atoms with Crippen LogP contribution in [0.2, 0.25) is 0 Å². The number of nitrogens with zero attached hydrogens (tertiary/aromatic N) is 1. The van der Waals surface area contributed by atoms with Crippen LogP contribution in [0.4, 0.5) is 4.79 Å². The number of amides is 2. The normalized spacial score (nSPS) is 17.9. The summed E-state index contributed by atoms with van der Waals surface area (Å²) >= 11 is 0.713. The molecular formula is C15H14NO5S-. The fourth-order valence-electron chi connectivity index (χ4n) is 1.90. The Morgan fingerprint density at radius 1 is 1.36 bits per heavy atom. The quantitative estimate of drug-likeness (QED) is 0.759. The molecule has 2 rings (SSSR count). The van der Waals surface area contributed by atoms with Gasteiger partial charge in [0.1, 0.15) is 5.75 Å². The van der Waals surface area contributed by atoms with E-state index < -0.39 is 23.2 Å². The molecule has 0 radical (unpaired) electrons. The summed E-state index contributed by atoms with van der Waals surface area (Å²) in [7, 11) is 0. The summed E-state index contributed by atoms with van der Waals surface area (Å²) in [5.74, 6) is -1.39. The molecule has 1 saturated heterocycles. The lowest BCUT2D eigenvalue weighted by molar-refractivity contribution is -0.309. The van der Waals surface area contributed by atoms with Crippen molar-refractivity contribution in [1.82, 2.24) is 4.90 Å². The van der Waals surface area contributed by atoms with Crippen molar-refractivity contribution < 1.29 is 24.2 Å². The third-order valence-electron chi connectivity index (χ3n) is 3.04. The van der Waals surface area contributed by atoms with Gasteiger partial charge in [-0.1, -0.05) is 12.1 Å². The third kappa shape index (κ3) is 3.30. The molecule has 0 N–H and O–H groups in total. The van der Waals surface area contributed by atoms with Gasteiger partial charge in [0.15, 0.2) is 0 Å². The van der Waals surface area contributed by atoms with E-state index in [4.69, 9.17) is 4.74 Å². The van der Waals surface area contributed by atoms with Crippen LogP contribution >= 0.6 is 11.8 Å². The predicted octanol–water partition coefficient (Wildman–Crippen LogP) is 1.26. The van der Waals surface area contributed by atoms with E-state index in [1.807, 2.05) is 6.92 Å². The first-order chi connectivity index (χ1) is 10.4. The molecule has 0 bridgehead atoms. The van der Waals surface area contributed by atoms with Crippen molar-refractivity contribution in [3.8, 4) is 5.75 Å². The van der Waals surface area contributed by atoms with Gasteiger partial charge >= 0.3 is 0 Å². The molecule has 0 aromatic heterocycles. The van der Waals surface area contributed by atoms with E-state index in [-0.39, 0.29) is 4.91 Å². The van der Waals surface area contributed by atoms with Crippen LogP contribution in [-0.4, -0.2) is 34.7 Å². The van der Waals surface area contributed by atoms with Crippen molar-refractivity contribution in [2.45, 2.75) is 19.9 Å². The first-order valence-electron chi connectivity index (χ1n) is 6.64. The Morgan fingerprint density at radius 3 is 2.55 bits per heavy atom. The summed E-state index contributed by atoms with van der Waals surface area (Å²) in [5.41, 5.74) is 0.718. The molecule has 0 saturated carbocycles. The molecule has 22 heavy (non-hydrogen) atoms. The lowest BCUT2D eigenvalue weighted by Crippen LogP contribution is -2.48. The molecule has 0 aliphatic carbocycles. The van der Waals surface area contributed by atoms with Gasteiger partial charge in [-0.3, -0.25) is 14.5 Å². The van der Waals surface area contributed by atoms with E-state index >= 15 is 0 Å². The molecule has 7 heteroatoms. The van der Waals surface area contributed by atoms with Gasteiger partial charge < -0.3 is 14.6 Å². The fraction of sp³-hybridized carbons (Fsp3) is 0.267. The third-order valence-corrected chi connectivity index (χ3v) is 3.92.